The number of nitrogens with one attached hydrogen (secondary N) is 1. The number of para-hydroxylation sites is 2. The number of hydrogen-bond acceptors (Lipinski definition) is 5. The highest BCUT2D eigenvalue weighted by atomic mass is 32.1. The van der Waals surface area contributed by atoms with Crippen LogP contribution in [0.25, 0.3) is 0 Å². The van der Waals surface area contributed by atoms with E-state index < -0.39 is 12.1 Å². The van der Waals surface area contributed by atoms with Gasteiger partial charge in [0.1, 0.15) is 5.75 Å². The second-order valence-corrected chi connectivity index (χ2v) is 7.76. The van der Waals surface area contributed by atoms with Gasteiger partial charge in [0.05, 0.1) is 24.7 Å². The maximum absolute atomic E-state index is 13.2. The molecule has 1 aromatic carbocycles. The summed E-state index contributed by atoms with van der Waals surface area (Å²) in [7, 11) is 3.31. The Morgan fingerprint density at radius 1 is 1.25 bits per heavy atom. The minimum Gasteiger partial charge on any atom is -0.476 e. The molecule has 148 valence electrons. The van der Waals surface area contributed by atoms with Crippen molar-refractivity contribution in [1.82, 2.24) is 10.2 Å². The summed E-state index contributed by atoms with van der Waals surface area (Å²) in [6.07, 6.45) is -0.674. The van der Waals surface area contributed by atoms with Crippen molar-refractivity contribution in [2.45, 2.75) is 25.5 Å². The number of benzene rings is 1. The summed E-state index contributed by atoms with van der Waals surface area (Å²) in [6, 6.07) is 10.5. The lowest BCUT2D eigenvalue weighted by Gasteiger charge is -2.35. The Morgan fingerprint density at radius 3 is 2.64 bits per heavy atom. The Kier molecular flexibility index (Phi) is 5.99. The van der Waals surface area contributed by atoms with E-state index in [0.29, 0.717) is 11.4 Å². The van der Waals surface area contributed by atoms with Crippen LogP contribution in [0.1, 0.15) is 24.3 Å². The zero-order chi connectivity index (χ0) is 20.3. The monoisotopic (exact) mass is 401 g/mol. The van der Waals surface area contributed by atoms with E-state index in [9.17, 15) is 14.4 Å². The van der Waals surface area contributed by atoms with Crippen LogP contribution in [0.4, 0.5) is 5.69 Å². The number of carbonyl (C=O) groups is 3. The van der Waals surface area contributed by atoms with E-state index in [1.807, 2.05) is 23.6 Å². The van der Waals surface area contributed by atoms with Gasteiger partial charge in [-0.2, -0.15) is 0 Å². The van der Waals surface area contributed by atoms with E-state index in [1.54, 1.807) is 37.2 Å². The Labute approximate surface area is 167 Å². The van der Waals surface area contributed by atoms with E-state index >= 15 is 0 Å². The molecule has 1 aliphatic rings. The highest BCUT2D eigenvalue weighted by molar-refractivity contribution is 7.10. The molecule has 3 amide bonds. The van der Waals surface area contributed by atoms with Gasteiger partial charge in [-0.3, -0.25) is 14.4 Å². The molecule has 0 fully saturated rings. The van der Waals surface area contributed by atoms with Crippen molar-refractivity contribution in [3.8, 4) is 5.75 Å². The Balaban J connectivity index is 1.86. The summed E-state index contributed by atoms with van der Waals surface area (Å²) < 4.78 is 5.82. The Morgan fingerprint density at radius 2 is 2.00 bits per heavy atom. The predicted octanol–water partition coefficient (Wildman–Crippen LogP) is 2.20. The number of anilines is 1. The first-order chi connectivity index (χ1) is 13.4. The van der Waals surface area contributed by atoms with Crippen molar-refractivity contribution in [1.29, 1.82) is 0 Å². The van der Waals surface area contributed by atoms with Gasteiger partial charge in [0.25, 0.3) is 5.91 Å². The van der Waals surface area contributed by atoms with Crippen LogP contribution in [-0.4, -0.2) is 49.4 Å². The topological polar surface area (TPSA) is 79.0 Å². The lowest BCUT2D eigenvalue weighted by Crippen LogP contribution is -2.50. The number of rotatable bonds is 5. The van der Waals surface area contributed by atoms with Crippen molar-refractivity contribution in [2.24, 2.45) is 0 Å². The molecule has 2 atom stereocenters. The van der Waals surface area contributed by atoms with Crippen LogP contribution in [0.5, 0.6) is 5.75 Å². The highest BCUT2D eigenvalue weighted by Crippen LogP contribution is 2.35. The third-order valence-electron chi connectivity index (χ3n) is 4.43. The lowest BCUT2D eigenvalue weighted by atomic mass is 10.1. The van der Waals surface area contributed by atoms with E-state index in [0.717, 1.165) is 4.88 Å². The van der Waals surface area contributed by atoms with Crippen molar-refractivity contribution < 1.29 is 19.1 Å². The first-order valence-corrected chi connectivity index (χ1v) is 9.82. The summed E-state index contributed by atoms with van der Waals surface area (Å²) in [5, 5.41) is 4.75. The standard InChI is InChI=1S/C20H23N3O4S/c1-13(24)21-14(18-9-6-10-28-18)11-19(25)23-12-17(20(26)22(2)3)27-16-8-5-4-7-15(16)23/h4-10,14,17H,11-12H2,1-3H3,(H,21,24)/t14-,17+/m1/s1. The van der Waals surface area contributed by atoms with Gasteiger partial charge >= 0.3 is 0 Å². The number of nitrogens with zero attached hydrogens (tertiary/aromatic N) is 2. The van der Waals surface area contributed by atoms with Crippen LogP contribution in [0.2, 0.25) is 0 Å². The zero-order valence-electron chi connectivity index (χ0n) is 16.0. The summed E-state index contributed by atoms with van der Waals surface area (Å²) in [4.78, 5) is 41.2. The smallest absolute Gasteiger partial charge is 0.265 e. The van der Waals surface area contributed by atoms with Gasteiger partial charge in [-0.25, -0.2) is 0 Å². The average Bonchev–Trinajstić information content (AvgIpc) is 3.20. The first-order valence-electron chi connectivity index (χ1n) is 8.94. The zero-order valence-corrected chi connectivity index (χ0v) is 16.9. The molecule has 2 aromatic rings. The number of likely N-dealkylation sites (N-methyl/N-ethyl adjacent to an activating group) is 1. The Hall–Kier alpha value is -2.87. The van der Waals surface area contributed by atoms with Crippen molar-refractivity contribution in [3.05, 3.63) is 46.7 Å². The molecule has 3 rings (SSSR count). The molecule has 1 aliphatic heterocycles. The van der Waals surface area contributed by atoms with Gasteiger partial charge in [-0.15, -0.1) is 11.3 Å². The van der Waals surface area contributed by atoms with Gasteiger partial charge < -0.3 is 19.9 Å². The Bertz CT molecular complexity index is 866. The van der Waals surface area contributed by atoms with E-state index in [-0.39, 0.29) is 30.7 Å². The molecule has 0 radical (unpaired) electrons. The SMILES string of the molecule is CC(=O)N[C@H](CC(=O)N1C[C@@H](C(=O)N(C)C)Oc2ccccc21)c1cccs1. The molecular weight excluding hydrogens is 378 g/mol. The largest absolute Gasteiger partial charge is 0.476 e. The van der Waals surface area contributed by atoms with Gasteiger partial charge in [0.15, 0.2) is 6.10 Å². The predicted molar refractivity (Wildman–Crippen MR) is 107 cm³/mol. The summed E-state index contributed by atoms with van der Waals surface area (Å²) >= 11 is 1.49. The van der Waals surface area contributed by atoms with Crippen molar-refractivity contribution >= 4 is 34.7 Å². The molecular formula is C20H23N3O4S. The molecule has 0 unspecified atom stereocenters. The van der Waals surface area contributed by atoms with Crippen LogP contribution in [0.3, 0.4) is 0 Å². The summed E-state index contributed by atoms with van der Waals surface area (Å²) in [5.41, 5.74) is 0.628. The van der Waals surface area contributed by atoms with Crippen molar-refractivity contribution in [3.63, 3.8) is 0 Å². The van der Waals surface area contributed by atoms with Gasteiger partial charge in [0, 0.05) is 25.9 Å². The minimum absolute atomic E-state index is 0.0945. The van der Waals surface area contributed by atoms with Gasteiger partial charge in [-0.05, 0) is 23.6 Å². The maximum atomic E-state index is 13.2. The molecule has 0 spiro atoms. The third kappa shape index (κ3) is 4.33. The molecule has 1 N–H and O–H groups in total. The van der Waals surface area contributed by atoms with E-state index in [4.69, 9.17) is 4.74 Å². The van der Waals surface area contributed by atoms with E-state index in [1.165, 1.54) is 23.2 Å². The third-order valence-corrected chi connectivity index (χ3v) is 5.42. The number of fused-ring (bicyclic) bond motifs is 1. The molecule has 7 nitrogen and oxygen atoms in total. The number of carbonyl (C=O) groups excluding carboxylic acids is 3. The fraction of sp³-hybridized carbons (Fsp3) is 0.350. The summed E-state index contributed by atoms with van der Waals surface area (Å²) in [5.74, 6) is -0.0906. The van der Waals surface area contributed by atoms with Gasteiger partial charge in [0.2, 0.25) is 11.8 Å². The van der Waals surface area contributed by atoms with Crippen LogP contribution >= 0.6 is 11.3 Å². The molecule has 0 bridgehead atoms. The molecule has 28 heavy (non-hydrogen) atoms. The highest BCUT2D eigenvalue weighted by Gasteiger charge is 2.35. The molecule has 8 heteroatoms. The second-order valence-electron chi connectivity index (χ2n) is 6.78. The second kappa shape index (κ2) is 8.43. The quantitative estimate of drug-likeness (QED) is 0.833. The molecule has 2 heterocycles. The normalized spacial score (nSPS) is 16.5. The van der Waals surface area contributed by atoms with Crippen LogP contribution in [0, 0.1) is 0 Å². The molecule has 0 saturated heterocycles. The fourth-order valence-electron chi connectivity index (χ4n) is 3.13. The number of amides is 3. The van der Waals surface area contributed by atoms with Crippen LogP contribution in [-0.2, 0) is 14.4 Å². The van der Waals surface area contributed by atoms with Crippen LogP contribution < -0.4 is 15.0 Å². The molecule has 1 aromatic heterocycles. The van der Waals surface area contributed by atoms with E-state index in [2.05, 4.69) is 5.32 Å². The lowest BCUT2D eigenvalue weighted by molar-refractivity contribution is -0.136. The van der Waals surface area contributed by atoms with Gasteiger partial charge in [-0.1, -0.05) is 18.2 Å². The average molecular weight is 401 g/mol. The summed E-state index contributed by atoms with van der Waals surface area (Å²) in [6.45, 7) is 1.56. The number of ether oxygens (including phenoxy) is 1. The number of thiophene rings is 1. The van der Waals surface area contributed by atoms with Crippen molar-refractivity contribution in [2.75, 3.05) is 25.5 Å². The maximum Gasteiger partial charge on any atom is 0.265 e. The fourth-order valence-corrected chi connectivity index (χ4v) is 3.91. The molecule has 0 aliphatic carbocycles. The number of hydrogen-bond donors (Lipinski definition) is 1. The molecule has 0 saturated carbocycles. The first kappa shape index (κ1) is 19.9. The minimum atomic E-state index is -0.769. The van der Waals surface area contributed by atoms with Crippen LogP contribution in [0.15, 0.2) is 41.8 Å².